The smallest absolute Gasteiger partial charge is 0.285 e. The molecule has 0 rings (SSSR count). The number of carbonyl (C=O) groups is 1. The molecule has 0 aliphatic heterocycles. The van der Waals surface area contributed by atoms with Crippen LogP contribution in [0.15, 0.2) is 12.2 Å². The van der Waals surface area contributed by atoms with Crippen LogP contribution in [0, 0.1) is 11.3 Å². The number of nitrogens with zero attached hydrogens (tertiary/aromatic N) is 1. The molecule has 0 aromatic heterocycles. The lowest BCUT2D eigenvalue weighted by Crippen LogP contribution is -2.19. The van der Waals surface area contributed by atoms with Gasteiger partial charge in [-0.05, 0) is 0 Å². The van der Waals surface area contributed by atoms with E-state index in [-0.39, 0.29) is 6.08 Å². The zero-order chi connectivity index (χ0) is 8.20. The molecular formula is C5H2F3NO. The summed E-state index contributed by atoms with van der Waals surface area (Å²) in [6.07, 6.45) is -4.21. The third-order valence-electron chi connectivity index (χ3n) is 0.589. The Balaban J connectivity index is 4.15. The normalized spacial score (nSPS) is 11.4. The molecule has 0 unspecified atom stereocenters. The summed E-state index contributed by atoms with van der Waals surface area (Å²) >= 11 is 0. The van der Waals surface area contributed by atoms with Crippen molar-refractivity contribution in [1.29, 1.82) is 5.26 Å². The number of alkyl halides is 3. The summed E-state index contributed by atoms with van der Waals surface area (Å²) in [5.41, 5.74) is 0. The van der Waals surface area contributed by atoms with Crippen LogP contribution in [-0.2, 0) is 4.79 Å². The Hall–Kier alpha value is -1.31. The van der Waals surface area contributed by atoms with Crippen LogP contribution in [0.25, 0.3) is 0 Å². The maximum atomic E-state index is 11.3. The van der Waals surface area contributed by atoms with Crippen LogP contribution in [0.2, 0.25) is 0 Å². The second-order valence-electron chi connectivity index (χ2n) is 1.32. The van der Waals surface area contributed by atoms with E-state index in [0.717, 1.165) is 0 Å². The number of carbonyl (C=O) groups excluding carboxylic acids is 1. The molecule has 0 saturated heterocycles. The molecule has 0 atom stereocenters. The van der Waals surface area contributed by atoms with Crippen LogP contribution in [0.4, 0.5) is 13.2 Å². The Labute approximate surface area is 54.6 Å². The first-order chi connectivity index (χ1) is 4.48. The first-order valence-electron chi connectivity index (χ1n) is 2.16. The quantitative estimate of drug-likeness (QED) is 0.415. The van der Waals surface area contributed by atoms with E-state index in [2.05, 4.69) is 0 Å². The van der Waals surface area contributed by atoms with Crippen LogP contribution in [-0.4, -0.2) is 12.0 Å². The maximum Gasteiger partial charge on any atom is 0.454 e. The Morgan fingerprint density at radius 1 is 1.50 bits per heavy atom. The highest BCUT2D eigenvalue weighted by molar-refractivity contribution is 5.94. The molecule has 0 N–H and O–H groups in total. The Morgan fingerprint density at radius 2 is 2.00 bits per heavy atom. The van der Waals surface area contributed by atoms with Crippen molar-refractivity contribution < 1.29 is 18.0 Å². The topological polar surface area (TPSA) is 40.9 Å². The molecule has 0 fully saturated rings. The Bertz CT molecular complexity index is 198. The van der Waals surface area contributed by atoms with Gasteiger partial charge in [0.25, 0.3) is 5.78 Å². The third-order valence-corrected chi connectivity index (χ3v) is 0.589. The summed E-state index contributed by atoms with van der Waals surface area (Å²) in [6, 6.07) is 1.27. The standard InChI is InChI=1S/C5H2F3NO/c6-5(7,8)4(10)2-1-3-9/h1-2H/b2-1+. The van der Waals surface area contributed by atoms with E-state index in [0.29, 0.717) is 6.08 Å². The SMILES string of the molecule is N#C/C=C/C(=O)C(F)(F)F. The van der Waals surface area contributed by atoms with Crippen molar-refractivity contribution in [2.24, 2.45) is 0 Å². The first kappa shape index (κ1) is 8.69. The minimum absolute atomic E-state index is 0.181. The van der Waals surface area contributed by atoms with Crippen LogP contribution >= 0.6 is 0 Å². The largest absolute Gasteiger partial charge is 0.454 e. The van der Waals surface area contributed by atoms with Gasteiger partial charge in [-0.1, -0.05) is 0 Å². The number of halogens is 3. The van der Waals surface area contributed by atoms with Gasteiger partial charge in [0.05, 0.1) is 6.07 Å². The van der Waals surface area contributed by atoms with Crippen molar-refractivity contribution in [3.8, 4) is 6.07 Å². The molecule has 0 amide bonds. The minimum atomic E-state index is -4.87. The van der Waals surface area contributed by atoms with Crippen molar-refractivity contribution in [1.82, 2.24) is 0 Å². The third kappa shape index (κ3) is 2.87. The van der Waals surface area contributed by atoms with Crippen molar-refractivity contribution >= 4 is 5.78 Å². The molecule has 0 spiro atoms. The maximum absolute atomic E-state index is 11.3. The van der Waals surface area contributed by atoms with Crippen LogP contribution in [0.5, 0.6) is 0 Å². The average molecular weight is 149 g/mol. The lowest BCUT2D eigenvalue weighted by molar-refractivity contribution is -0.165. The summed E-state index contributed by atoms with van der Waals surface area (Å²) in [5, 5.41) is 7.72. The molecule has 0 aromatic rings. The molecule has 0 aliphatic carbocycles. The lowest BCUT2D eigenvalue weighted by Gasteiger charge is -1.97. The lowest BCUT2D eigenvalue weighted by atomic mass is 10.3. The van der Waals surface area contributed by atoms with Crippen molar-refractivity contribution in [2.45, 2.75) is 6.18 Å². The predicted octanol–water partition coefficient (Wildman–Crippen LogP) is 1.20. The molecule has 0 aliphatic rings. The Morgan fingerprint density at radius 3 is 2.30 bits per heavy atom. The fourth-order valence-electron chi connectivity index (χ4n) is 0.207. The van der Waals surface area contributed by atoms with Gasteiger partial charge in [0, 0.05) is 12.2 Å². The van der Waals surface area contributed by atoms with Gasteiger partial charge < -0.3 is 0 Å². The molecule has 0 heterocycles. The molecule has 54 valence electrons. The van der Waals surface area contributed by atoms with E-state index in [1.54, 1.807) is 0 Å². The summed E-state index contributed by atoms with van der Waals surface area (Å²) < 4.78 is 33.8. The summed E-state index contributed by atoms with van der Waals surface area (Å²) in [6.45, 7) is 0. The van der Waals surface area contributed by atoms with Crippen LogP contribution in [0.1, 0.15) is 0 Å². The van der Waals surface area contributed by atoms with E-state index in [1.165, 1.54) is 6.07 Å². The number of rotatable bonds is 1. The average Bonchev–Trinajstić information content (AvgIpc) is 1.80. The van der Waals surface area contributed by atoms with Crippen LogP contribution in [0.3, 0.4) is 0 Å². The monoisotopic (exact) mass is 149 g/mol. The molecule has 10 heavy (non-hydrogen) atoms. The molecule has 5 heteroatoms. The summed E-state index contributed by atoms with van der Waals surface area (Å²) in [5.74, 6) is -2.02. The van der Waals surface area contributed by atoms with Gasteiger partial charge in [-0.15, -0.1) is 0 Å². The van der Waals surface area contributed by atoms with E-state index in [4.69, 9.17) is 5.26 Å². The summed E-state index contributed by atoms with van der Waals surface area (Å²) in [4.78, 5) is 9.86. The fraction of sp³-hybridized carbons (Fsp3) is 0.200. The zero-order valence-corrected chi connectivity index (χ0v) is 4.64. The predicted molar refractivity (Wildman–Crippen MR) is 25.8 cm³/mol. The molecule has 0 bridgehead atoms. The fourth-order valence-corrected chi connectivity index (χ4v) is 0.207. The van der Waals surface area contributed by atoms with Crippen LogP contribution < -0.4 is 0 Å². The van der Waals surface area contributed by atoms with Gasteiger partial charge in [-0.2, -0.15) is 18.4 Å². The highest BCUT2D eigenvalue weighted by atomic mass is 19.4. The van der Waals surface area contributed by atoms with Crippen molar-refractivity contribution in [3.05, 3.63) is 12.2 Å². The number of hydrogen-bond donors (Lipinski definition) is 0. The highest BCUT2D eigenvalue weighted by Gasteiger charge is 2.35. The number of ketones is 1. The van der Waals surface area contributed by atoms with Gasteiger partial charge >= 0.3 is 6.18 Å². The molecule has 2 nitrogen and oxygen atoms in total. The zero-order valence-electron chi connectivity index (χ0n) is 4.64. The Kier molecular flexibility index (Phi) is 2.62. The van der Waals surface area contributed by atoms with E-state index >= 15 is 0 Å². The van der Waals surface area contributed by atoms with Gasteiger partial charge in [0.2, 0.25) is 0 Å². The summed E-state index contributed by atoms with van der Waals surface area (Å²) in [7, 11) is 0. The van der Waals surface area contributed by atoms with Gasteiger partial charge in [-0.3, -0.25) is 4.79 Å². The van der Waals surface area contributed by atoms with Gasteiger partial charge in [-0.25, -0.2) is 0 Å². The number of allylic oxidation sites excluding steroid dienone is 2. The molecule has 0 saturated carbocycles. The van der Waals surface area contributed by atoms with E-state index in [9.17, 15) is 18.0 Å². The molecule has 0 aromatic carbocycles. The van der Waals surface area contributed by atoms with Gasteiger partial charge in [0.1, 0.15) is 0 Å². The van der Waals surface area contributed by atoms with Crippen molar-refractivity contribution in [3.63, 3.8) is 0 Å². The van der Waals surface area contributed by atoms with Gasteiger partial charge in [0.15, 0.2) is 0 Å². The molecule has 0 radical (unpaired) electrons. The second kappa shape index (κ2) is 3.01. The molecular weight excluding hydrogens is 147 g/mol. The highest BCUT2D eigenvalue weighted by Crippen LogP contribution is 2.15. The first-order valence-corrected chi connectivity index (χ1v) is 2.16. The van der Waals surface area contributed by atoms with E-state index < -0.39 is 12.0 Å². The van der Waals surface area contributed by atoms with E-state index in [1.807, 2.05) is 0 Å². The number of nitriles is 1. The number of hydrogen-bond acceptors (Lipinski definition) is 2. The minimum Gasteiger partial charge on any atom is -0.285 e. The second-order valence-corrected chi connectivity index (χ2v) is 1.32. The van der Waals surface area contributed by atoms with Crippen molar-refractivity contribution in [2.75, 3.05) is 0 Å².